The summed E-state index contributed by atoms with van der Waals surface area (Å²) in [6, 6.07) is 12.4. The first-order valence-corrected chi connectivity index (χ1v) is 11.3. The highest BCUT2D eigenvalue weighted by atomic mass is 127. The summed E-state index contributed by atoms with van der Waals surface area (Å²) in [7, 11) is 0. The lowest BCUT2D eigenvalue weighted by Gasteiger charge is -2.20. The molecule has 30 heavy (non-hydrogen) atoms. The van der Waals surface area contributed by atoms with Crippen molar-refractivity contribution in [3.63, 3.8) is 0 Å². The van der Waals surface area contributed by atoms with Crippen molar-refractivity contribution in [1.29, 1.82) is 5.26 Å². The molecule has 7 heteroatoms. The number of aromatic nitrogens is 3. The van der Waals surface area contributed by atoms with Crippen molar-refractivity contribution in [3.8, 4) is 6.07 Å². The van der Waals surface area contributed by atoms with Crippen molar-refractivity contribution in [2.45, 2.75) is 45.7 Å². The van der Waals surface area contributed by atoms with Crippen LogP contribution >= 0.6 is 34.2 Å². The lowest BCUT2D eigenvalue weighted by Crippen LogP contribution is -2.19. The van der Waals surface area contributed by atoms with E-state index in [2.05, 4.69) is 57.1 Å². The van der Waals surface area contributed by atoms with Gasteiger partial charge in [-0.2, -0.15) is 5.26 Å². The molecule has 0 aliphatic carbocycles. The number of nitriles is 1. The highest BCUT2D eigenvalue weighted by molar-refractivity contribution is 14.1. The summed E-state index contributed by atoms with van der Waals surface area (Å²) >= 11 is 8.41. The van der Waals surface area contributed by atoms with E-state index in [4.69, 9.17) is 16.6 Å². The normalized spacial score (nSPS) is 18.7. The van der Waals surface area contributed by atoms with Gasteiger partial charge in [0, 0.05) is 16.2 Å². The fourth-order valence-electron chi connectivity index (χ4n) is 3.77. The third-order valence-corrected chi connectivity index (χ3v) is 7.44. The second kappa shape index (κ2) is 8.12. The van der Waals surface area contributed by atoms with E-state index in [1.165, 1.54) is 0 Å². The van der Waals surface area contributed by atoms with E-state index < -0.39 is 5.54 Å². The van der Waals surface area contributed by atoms with Crippen molar-refractivity contribution in [2.24, 2.45) is 4.99 Å². The fourth-order valence-corrected chi connectivity index (χ4v) is 4.96. The van der Waals surface area contributed by atoms with E-state index in [0.717, 1.165) is 55.7 Å². The molecule has 1 aromatic carbocycles. The topological polar surface area (TPSA) is 66.9 Å². The van der Waals surface area contributed by atoms with Gasteiger partial charge in [0.1, 0.15) is 22.6 Å². The molecule has 0 saturated heterocycles. The van der Waals surface area contributed by atoms with E-state index in [1.807, 2.05) is 43.5 Å². The Balaban J connectivity index is 1.71. The van der Waals surface area contributed by atoms with Crippen molar-refractivity contribution >= 4 is 50.5 Å². The zero-order valence-corrected chi connectivity index (χ0v) is 20.0. The SMILES string of the molecule is CCCc1nc2c(C)ccnc2n1Cc1ccc(C2(C#N)N=C(Cl)C(C)=C2I)cc1. The Hall–Kier alpha value is -2.24. The van der Waals surface area contributed by atoms with E-state index >= 15 is 0 Å². The summed E-state index contributed by atoms with van der Waals surface area (Å²) in [6.45, 7) is 6.80. The largest absolute Gasteiger partial charge is 0.308 e. The van der Waals surface area contributed by atoms with Gasteiger partial charge in [-0.3, -0.25) is 0 Å². The molecular formula is C23H21ClIN5. The van der Waals surface area contributed by atoms with Gasteiger partial charge < -0.3 is 4.57 Å². The number of halogens is 2. The van der Waals surface area contributed by atoms with Gasteiger partial charge >= 0.3 is 0 Å². The van der Waals surface area contributed by atoms with Crippen molar-refractivity contribution < 1.29 is 0 Å². The molecule has 4 rings (SSSR count). The molecule has 0 saturated carbocycles. The van der Waals surface area contributed by atoms with Gasteiger partial charge in [-0.15, -0.1) is 0 Å². The second-order valence-corrected chi connectivity index (χ2v) is 8.96. The van der Waals surface area contributed by atoms with Gasteiger partial charge in [-0.05, 0) is 71.2 Å². The van der Waals surface area contributed by atoms with Gasteiger partial charge in [-0.25, -0.2) is 15.0 Å². The zero-order chi connectivity index (χ0) is 21.5. The number of imidazole rings is 1. The predicted molar refractivity (Wildman–Crippen MR) is 129 cm³/mol. The Bertz CT molecular complexity index is 1230. The number of aryl methyl sites for hydroxylation is 2. The lowest BCUT2D eigenvalue weighted by atomic mass is 9.91. The third-order valence-electron chi connectivity index (χ3n) is 5.48. The molecule has 1 unspecified atom stereocenters. The molecule has 3 heterocycles. The molecule has 0 N–H and O–H groups in total. The van der Waals surface area contributed by atoms with Crippen LogP contribution in [0.5, 0.6) is 0 Å². The van der Waals surface area contributed by atoms with Gasteiger partial charge in [-0.1, -0.05) is 42.8 Å². The molecule has 0 bridgehead atoms. The molecule has 152 valence electrons. The maximum Gasteiger partial charge on any atom is 0.204 e. The van der Waals surface area contributed by atoms with Crippen LogP contribution in [0.15, 0.2) is 50.7 Å². The molecular weight excluding hydrogens is 509 g/mol. The van der Waals surface area contributed by atoms with Crippen LogP contribution in [-0.2, 0) is 18.5 Å². The number of fused-ring (bicyclic) bond motifs is 1. The molecule has 1 atom stereocenters. The number of hydrogen-bond donors (Lipinski definition) is 0. The standard InChI is InChI=1S/C23H21ClIN5/c1-4-5-18-28-19-14(2)10-11-27-22(19)30(18)12-16-6-8-17(9-7-16)23(13-26)20(25)15(3)21(24)29-23/h6-11H,4-5,12H2,1-3H3. The van der Waals surface area contributed by atoms with Crippen LogP contribution in [0.25, 0.3) is 11.2 Å². The zero-order valence-electron chi connectivity index (χ0n) is 17.1. The molecule has 2 aromatic heterocycles. The number of aliphatic imine (C=N–C) groups is 1. The van der Waals surface area contributed by atoms with E-state index in [0.29, 0.717) is 11.7 Å². The first kappa shape index (κ1) is 21.0. The monoisotopic (exact) mass is 529 g/mol. The average molecular weight is 530 g/mol. The third kappa shape index (κ3) is 3.34. The molecule has 0 fully saturated rings. The molecule has 1 aliphatic heterocycles. The Labute approximate surface area is 194 Å². The summed E-state index contributed by atoms with van der Waals surface area (Å²) in [5.74, 6) is 1.05. The minimum absolute atomic E-state index is 0.403. The maximum absolute atomic E-state index is 9.92. The second-order valence-electron chi connectivity index (χ2n) is 7.52. The number of benzene rings is 1. The van der Waals surface area contributed by atoms with Crippen molar-refractivity contribution in [1.82, 2.24) is 14.5 Å². The molecule has 1 aliphatic rings. The highest BCUT2D eigenvalue weighted by Crippen LogP contribution is 2.44. The summed E-state index contributed by atoms with van der Waals surface area (Å²) in [6.07, 6.45) is 3.76. The number of allylic oxidation sites excluding steroid dienone is 1. The van der Waals surface area contributed by atoms with Gasteiger partial charge in [0.05, 0.1) is 6.54 Å². The molecule has 3 aromatic rings. The van der Waals surface area contributed by atoms with Crippen LogP contribution in [0.2, 0.25) is 0 Å². The number of pyridine rings is 1. The van der Waals surface area contributed by atoms with E-state index in [9.17, 15) is 5.26 Å². The Morgan fingerprint density at radius 1 is 1.20 bits per heavy atom. The summed E-state index contributed by atoms with van der Waals surface area (Å²) < 4.78 is 3.05. The summed E-state index contributed by atoms with van der Waals surface area (Å²) in [5.41, 5.74) is 4.77. The van der Waals surface area contributed by atoms with Crippen LogP contribution in [0, 0.1) is 18.3 Å². The Morgan fingerprint density at radius 2 is 1.93 bits per heavy atom. The highest BCUT2D eigenvalue weighted by Gasteiger charge is 2.41. The van der Waals surface area contributed by atoms with Crippen molar-refractivity contribution in [3.05, 3.63) is 68.2 Å². The van der Waals surface area contributed by atoms with Gasteiger partial charge in [0.2, 0.25) is 5.54 Å². The molecule has 0 radical (unpaired) electrons. The first-order chi connectivity index (χ1) is 14.4. The van der Waals surface area contributed by atoms with Crippen LogP contribution < -0.4 is 0 Å². The Kier molecular flexibility index (Phi) is 5.69. The smallest absolute Gasteiger partial charge is 0.204 e. The first-order valence-electron chi connectivity index (χ1n) is 9.85. The summed E-state index contributed by atoms with van der Waals surface area (Å²) in [5, 5.41) is 10.3. The number of nitrogens with zero attached hydrogens (tertiary/aromatic N) is 5. The number of hydrogen-bond acceptors (Lipinski definition) is 4. The van der Waals surface area contributed by atoms with Crippen LogP contribution in [0.3, 0.4) is 0 Å². The maximum atomic E-state index is 9.92. The minimum Gasteiger partial charge on any atom is -0.308 e. The minimum atomic E-state index is -1.05. The quantitative estimate of drug-likeness (QED) is 0.391. The predicted octanol–water partition coefficient (Wildman–Crippen LogP) is 5.82. The Morgan fingerprint density at radius 3 is 2.53 bits per heavy atom. The van der Waals surface area contributed by atoms with Crippen LogP contribution in [0.4, 0.5) is 0 Å². The number of rotatable bonds is 5. The molecule has 0 amide bonds. The molecule has 5 nitrogen and oxygen atoms in total. The van der Waals surface area contributed by atoms with Crippen LogP contribution in [-0.4, -0.2) is 19.7 Å². The van der Waals surface area contributed by atoms with Crippen molar-refractivity contribution in [2.75, 3.05) is 0 Å². The van der Waals surface area contributed by atoms with Crippen LogP contribution in [0.1, 0.15) is 42.8 Å². The van der Waals surface area contributed by atoms with Gasteiger partial charge in [0.15, 0.2) is 5.65 Å². The average Bonchev–Trinajstić information content (AvgIpc) is 3.20. The van der Waals surface area contributed by atoms with Gasteiger partial charge in [0.25, 0.3) is 0 Å². The lowest BCUT2D eigenvalue weighted by molar-refractivity contribution is 0.713. The summed E-state index contributed by atoms with van der Waals surface area (Å²) in [4.78, 5) is 13.9. The molecule has 0 spiro atoms. The van der Waals surface area contributed by atoms with E-state index in [-0.39, 0.29) is 0 Å². The van der Waals surface area contributed by atoms with E-state index in [1.54, 1.807) is 0 Å². The fraction of sp³-hybridized carbons (Fsp3) is 0.304.